The molecule has 1 amide bonds. The molecule has 134 valence electrons. The summed E-state index contributed by atoms with van der Waals surface area (Å²) in [5.41, 5.74) is -0.306. The maximum Gasteiger partial charge on any atom is 0.272 e. The number of anilines is 1. The highest BCUT2D eigenvalue weighted by molar-refractivity contribution is 5.92. The number of aromatic nitrogens is 4. The average molecular weight is 344 g/mol. The van der Waals surface area contributed by atoms with Crippen LogP contribution in [0, 0.1) is 0 Å². The van der Waals surface area contributed by atoms with Crippen LogP contribution in [-0.2, 0) is 5.54 Å². The molecule has 1 fully saturated rings. The third-order valence-electron chi connectivity index (χ3n) is 4.50. The lowest BCUT2D eigenvalue weighted by molar-refractivity contribution is 0.0886. The van der Waals surface area contributed by atoms with E-state index in [0.29, 0.717) is 17.5 Å². The van der Waals surface area contributed by atoms with Gasteiger partial charge in [0.1, 0.15) is 17.1 Å². The molecule has 3 rings (SSSR count). The van der Waals surface area contributed by atoms with Gasteiger partial charge in [-0.3, -0.25) is 4.79 Å². The van der Waals surface area contributed by atoms with E-state index in [1.165, 1.54) is 6.20 Å². The molecule has 1 N–H and O–H groups in total. The van der Waals surface area contributed by atoms with E-state index in [9.17, 15) is 4.79 Å². The van der Waals surface area contributed by atoms with Crippen LogP contribution in [-0.4, -0.2) is 40.1 Å². The van der Waals surface area contributed by atoms with Crippen molar-refractivity contribution in [3.8, 4) is 0 Å². The van der Waals surface area contributed by atoms with Gasteiger partial charge in [0.25, 0.3) is 5.91 Å². The van der Waals surface area contributed by atoms with Crippen LogP contribution in [0.5, 0.6) is 0 Å². The maximum absolute atomic E-state index is 12.7. The molecule has 0 aromatic carbocycles. The fraction of sp³-hybridized carbons (Fsp3) is 0.588. The van der Waals surface area contributed by atoms with Crippen LogP contribution in [0.1, 0.15) is 67.7 Å². The molecule has 2 aromatic heterocycles. The minimum absolute atomic E-state index is 0.153. The summed E-state index contributed by atoms with van der Waals surface area (Å²) in [5, 5.41) is 7.22. The second kappa shape index (κ2) is 6.78. The fourth-order valence-corrected chi connectivity index (χ4v) is 3.00. The number of amides is 1. The van der Waals surface area contributed by atoms with Gasteiger partial charge >= 0.3 is 0 Å². The summed E-state index contributed by atoms with van der Waals surface area (Å²) in [7, 11) is 3.75. The third-order valence-corrected chi connectivity index (χ3v) is 4.50. The Morgan fingerprint density at radius 3 is 2.48 bits per heavy atom. The SMILES string of the molecule is CC(C)c1nc(C2(NC(=O)c3cnc(N(C)C)cn3)CCCC2)no1. The Balaban J connectivity index is 1.82. The Morgan fingerprint density at radius 1 is 1.24 bits per heavy atom. The van der Waals surface area contributed by atoms with Crippen molar-refractivity contribution in [2.24, 2.45) is 0 Å². The number of hydrogen-bond acceptors (Lipinski definition) is 7. The molecule has 0 saturated heterocycles. The van der Waals surface area contributed by atoms with E-state index in [1.54, 1.807) is 6.20 Å². The van der Waals surface area contributed by atoms with Crippen LogP contribution < -0.4 is 10.2 Å². The Hall–Kier alpha value is -2.51. The molecule has 0 radical (unpaired) electrons. The Bertz CT molecular complexity index is 732. The lowest BCUT2D eigenvalue weighted by Gasteiger charge is -2.26. The quantitative estimate of drug-likeness (QED) is 0.888. The van der Waals surface area contributed by atoms with Gasteiger partial charge < -0.3 is 14.7 Å². The molecular formula is C17H24N6O2. The summed E-state index contributed by atoms with van der Waals surface area (Å²) in [6.07, 6.45) is 6.68. The first-order valence-corrected chi connectivity index (χ1v) is 8.57. The van der Waals surface area contributed by atoms with Crippen molar-refractivity contribution in [1.29, 1.82) is 0 Å². The van der Waals surface area contributed by atoms with Crippen LogP contribution in [0.25, 0.3) is 0 Å². The first-order valence-electron chi connectivity index (χ1n) is 8.57. The molecular weight excluding hydrogens is 320 g/mol. The number of rotatable bonds is 5. The lowest BCUT2D eigenvalue weighted by Crippen LogP contribution is -2.45. The summed E-state index contributed by atoms with van der Waals surface area (Å²) in [6, 6.07) is 0. The second-order valence-corrected chi connectivity index (χ2v) is 7.01. The highest BCUT2D eigenvalue weighted by Gasteiger charge is 2.42. The zero-order valence-corrected chi connectivity index (χ0v) is 15.1. The van der Waals surface area contributed by atoms with Gasteiger partial charge in [0.15, 0.2) is 5.82 Å². The molecule has 0 unspecified atom stereocenters. The van der Waals surface area contributed by atoms with Crippen LogP contribution >= 0.6 is 0 Å². The highest BCUT2D eigenvalue weighted by Crippen LogP contribution is 2.37. The molecule has 0 bridgehead atoms. The van der Waals surface area contributed by atoms with Crippen LogP contribution in [0.3, 0.4) is 0 Å². The van der Waals surface area contributed by atoms with E-state index in [1.807, 2.05) is 32.8 Å². The monoisotopic (exact) mass is 344 g/mol. The van der Waals surface area contributed by atoms with Crippen molar-refractivity contribution in [1.82, 2.24) is 25.4 Å². The lowest BCUT2D eigenvalue weighted by atomic mass is 9.96. The van der Waals surface area contributed by atoms with E-state index in [4.69, 9.17) is 4.52 Å². The van der Waals surface area contributed by atoms with E-state index in [2.05, 4.69) is 25.4 Å². The summed E-state index contributed by atoms with van der Waals surface area (Å²) in [5.74, 6) is 1.73. The van der Waals surface area contributed by atoms with E-state index < -0.39 is 5.54 Å². The first kappa shape index (κ1) is 17.3. The minimum Gasteiger partial charge on any atom is -0.361 e. The van der Waals surface area contributed by atoms with Gasteiger partial charge in [-0.2, -0.15) is 4.98 Å². The van der Waals surface area contributed by atoms with Crippen LogP contribution in [0.4, 0.5) is 5.82 Å². The zero-order chi connectivity index (χ0) is 18.0. The summed E-state index contributed by atoms with van der Waals surface area (Å²) < 4.78 is 5.35. The van der Waals surface area contributed by atoms with Gasteiger partial charge in [0.2, 0.25) is 5.89 Å². The van der Waals surface area contributed by atoms with Gasteiger partial charge in [-0.25, -0.2) is 9.97 Å². The smallest absolute Gasteiger partial charge is 0.272 e. The predicted molar refractivity (Wildman–Crippen MR) is 92.4 cm³/mol. The molecule has 25 heavy (non-hydrogen) atoms. The largest absolute Gasteiger partial charge is 0.361 e. The third kappa shape index (κ3) is 3.47. The number of hydrogen-bond donors (Lipinski definition) is 1. The zero-order valence-electron chi connectivity index (χ0n) is 15.1. The average Bonchev–Trinajstić information content (AvgIpc) is 3.25. The van der Waals surface area contributed by atoms with Crippen molar-refractivity contribution in [3.05, 3.63) is 29.8 Å². The highest BCUT2D eigenvalue weighted by atomic mass is 16.5. The number of carbonyl (C=O) groups is 1. The van der Waals surface area contributed by atoms with E-state index >= 15 is 0 Å². The molecule has 0 atom stereocenters. The van der Waals surface area contributed by atoms with Crippen molar-refractivity contribution in [2.75, 3.05) is 19.0 Å². The minimum atomic E-state index is -0.588. The molecule has 0 spiro atoms. The van der Waals surface area contributed by atoms with Gasteiger partial charge in [0.05, 0.1) is 12.4 Å². The summed E-state index contributed by atoms with van der Waals surface area (Å²) >= 11 is 0. The Morgan fingerprint density at radius 2 is 1.96 bits per heavy atom. The van der Waals surface area contributed by atoms with Gasteiger partial charge in [-0.15, -0.1) is 0 Å². The predicted octanol–water partition coefficient (Wildman–Crippen LogP) is 2.25. The normalized spacial score (nSPS) is 16.2. The summed E-state index contributed by atoms with van der Waals surface area (Å²) in [6.45, 7) is 4.00. The van der Waals surface area contributed by atoms with Crippen molar-refractivity contribution in [2.45, 2.75) is 51.0 Å². The fourth-order valence-electron chi connectivity index (χ4n) is 3.00. The summed E-state index contributed by atoms with van der Waals surface area (Å²) in [4.78, 5) is 27.5. The Kier molecular flexibility index (Phi) is 4.69. The Labute approximate surface area is 147 Å². The van der Waals surface area contributed by atoms with Crippen molar-refractivity contribution in [3.63, 3.8) is 0 Å². The van der Waals surface area contributed by atoms with Gasteiger partial charge in [0, 0.05) is 20.0 Å². The standard InChI is InChI=1S/C17H24N6O2/c1-11(2)15-20-16(22-25-15)17(7-5-6-8-17)21-14(24)12-9-19-13(10-18-12)23(3)4/h9-11H,5-8H2,1-4H3,(H,21,24). The molecule has 1 aliphatic rings. The van der Waals surface area contributed by atoms with Crippen LogP contribution in [0.15, 0.2) is 16.9 Å². The second-order valence-electron chi connectivity index (χ2n) is 7.01. The first-order chi connectivity index (χ1) is 11.9. The number of nitrogens with zero attached hydrogens (tertiary/aromatic N) is 5. The molecule has 1 aliphatic carbocycles. The number of carbonyl (C=O) groups excluding carboxylic acids is 1. The molecule has 2 heterocycles. The van der Waals surface area contributed by atoms with E-state index in [0.717, 1.165) is 25.7 Å². The molecule has 1 saturated carbocycles. The van der Waals surface area contributed by atoms with Crippen molar-refractivity contribution < 1.29 is 9.32 Å². The van der Waals surface area contributed by atoms with Gasteiger partial charge in [-0.05, 0) is 12.8 Å². The topological polar surface area (TPSA) is 97.0 Å². The molecule has 8 heteroatoms. The van der Waals surface area contributed by atoms with Gasteiger partial charge in [-0.1, -0.05) is 31.8 Å². The van der Waals surface area contributed by atoms with E-state index in [-0.39, 0.29) is 17.5 Å². The number of nitrogens with one attached hydrogen (secondary N) is 1. The molecule has 2 aromatic rings. The van der Waals surface area contributed by atoms with Crippen molar-refractivity contribution >= 4 is 11.7 Å². The molecule has 8 nitrogen and oxygen atoms in total. The maximum atomic E-state index is 12.7. The van der Waals surface area contributed by atoms with Crippen LogP contribution in [0.2, 0.25) is 0 Å². The molecule has 0 aliphatic heterocycles.